The fraction of sp³-hybridized carbons (Fsp3) is 0.600. The van der Waals surface area contributed by atoms with Gasteiger partial charge in [0.05, 0.1) is 7.11 Å². The van der Waals surface area contributed by atoms with E-state index in [0.717, 1.165) is 12.2 Å². The summed E-state index contributed by atoms with van der Waals surface area (Å²) in [5.74, 6) is 0.959. The van der Waals surface area contributed by atoms with E-state index < -0.39 is 0 Å². The molecule has 1 rings (SSSR count). The molecule has 0 bridgehead atoms. The summed E-state index contributed by atoms with van der Waals surface area (Å²) < 4.78 is 5.35. The molecule has 0 aliphatic rings. The maximum absolute atomic E-state index is 6.14. The number of alkyl halides is 1. The van der Waals surface area contributed by atoms with Crippen LogP contribution in [0.5, 0.6) is 5.75 Å². The number of benzene rings is 1. The van der Waals surface area contributed by atoms with Gasteiger partial charge in [-0.15, -0.1) is 11.6 Å². The summed E-state index contributed by atoms with van der Waals surface area (Å²) in [5.41, 5.74) is 3.92. The molecule has 1 aromatic rings. The van der Waals surface area contributed by atoms with Gasteiger partial charge in [-0.3, -0.25) is 0 Å². The molecular weight excluding hydrogens is 232 g/mol. The molecule has 1 unspecified atom stereocenters. The first kappa shape index (κ1) is 14.4. The molecule has 96 valence electrons. The fourth-order valence-electron chi connectivity index (χ4n) is 2.55. The van der Waals surface area contributed by atoms with Crippen LogP contribution in [0.15, 0.2) is 12.1 Å². The summed E-state index contributed by atoms with van der Waals surface area (Å²) in [5, 5.41) is 0.187. The van der Waals surface area contributed by atoms with Crippen molar-refractivity contribution in [1.82, 2.24) is 0 Å². The van der Waals surface area contributed by atoms with Gasteiger partial charge in [0, 0.05) is 5.38 Å². The highest BCUT2D eigenvalue weighted by atomic mass is 35.5. The molecule has 0 amide bonds. The van der Waals surface area contributed by atoms with Crippen molar-refractivity contribution in [2.75, 3.05) is 7.11 Å². The highest BCUT2D eigenvalue weighted by Gasteiger charge is 2.25. The van der Waals surface area contributed by atoms with E-state index in [9.17, 15) is 0 Å². The third kappa shape index (κ3) is 3.38. The number of rotatable bonds is 4. The van der Waals surface area contributed by atoms with Crippen LogP contribution in [-0.4, -0.2) is 12.5 Å². The van der Waals surface area contributed by atoms with Crippen molar-refractivity contribution in [3.05, 3.63) is 28.8 Å². The first-order valence-electron chi connectivity index (χ1n) is 6.07. The predicted molar refractivity (Wildman–Crippen MR) is 75.4 cm³/mol. The van der Waals surface area contributed by atoms with Crippen LogP contribution in [0.2, 0.25) is 0 Å². The molecule has 0 N–H and O–H groups in total. The van der Waals surface area contributed by atoms with Crippen LogP contribution in [-0.2, 0) is 5.41 Å². The van der Waals surface area contributed by atoms with Crippen molar-refractivity contribution < 1.29 is 4.74 Å². The first-order valence-corrected chi connectivity index (χ1v) is 6.51. The van der Waals surface area contributed by atoms with Crippen LogP contribution in [0.25, 0.3) is 0 Å². The second-order valence-electron chi connectivity index (χ2n) is 5.51. The molecule has 0 aliphatic heterocycles. The zero-order valence-corrected chi connectivity index (χ0v) is 12.5. The van der Waals surface area contributed by atoms with E-state index in [1.54, 1.807) is 7.11 Å². The number of hydrogen-bond donors (Lipinski definition) is 0. The van der Waals surface area contributed by atoms with Gasteiger partial charge in [-0.1, -0.05) is 19.9 Å². The molecule has 1 aromatic carbocycles. The number of methoxy groups -OCH3 is 1. The van der Waals surface area contributed by atoms with E-state index in [-0.39, 0.29) is 10.8 Å². The number of hydrogen-bond acceptors (Lipinski definition) is 1. The van der Waals surface area contributed by atoms with E-state index in [1.165, 1.54) is 16.7 Å². The minimum absolute atomic E-state index is 0.0995. The summed E-state index contributed by atoms with van der Waals surface area (Å²) in [6, 6.07) is 4.35. The number of ether oxygens (including phenoxy) is 1. The molecule has 0 saturated carbocycles. The first-order chi connectivity index (χ1) is 7.77. The standard InChI is InChI=1S/C15H23ClO/c1-10-8-14(17-6)11(2)7-13(10)15(4,5)9-12(3)16/h7-8,12H,9H2,1-6H3. The smallest absolute Gasteiger partial charge is 0.122 e. The van der Waals surface area contributed by atoms with Gasteiger partial charge in [-0.25, -0.2) is 0 Å². The number of halogens is 1. The van der Waals surface area contributed by atoms with Gasteiger partial charge >= 0.3 is 0 Å². The zero-order valence-electron chi connectivity index (χ0n) is 11.7. The monoisotopic (exact) mass is 254 g/mol. The van der Waals surface area contributed by atoms with Crippen LogP contribution in [0, 0.1) is 13.8 Å². The second-order valence-corrected chi connectivity index (χ2v) is 6.25. The quantitative estimate of drug-likeness (QED) is 0.713. The minimum atomic E-state index is 0.0995. The molecule has 17 heavy (non-hydrogen) atoms. The normalized spacial score (nSPS) is 13.6. The molecule has 0 aliphatic carbocycles. The lowest BCUT2D eigenvalue weighted by molar-refractivity contribution is 0.409. The molecule has 2 heteroatoms. The maximum Gasteiger partial charge on any atom is 0.122 e. The highest BCUT2D eigenvalue weighted by molar-refractivity contribution is 6.20. The maximum atomic E-state index is 6.14. The lowest BCUT2D eigenvalue weighted by Crippen LogP contribution is -2.22. The molecule has 0 fully saturated rings. The van der Waals surface area contributed by atoms with Crippen LogP contribution in [0.3, 0.4) is 0 Å². The van der Waals surface area contributed by atoms with Gasteiger partial charge in [-0.2, -0.15) is 0 Å². The number of aryl methyl sites for hydroxylation is 2. The average molecular weight is 255 g/mol. The Morgan fingerprint density at radius 1 is 1.24 bits per heavy atom. The van der Waals surface area contributed by atoms with Gasteiger partial charge in [0.2, 0.25) is 0 Å². The van der Waals surface area contributed by atoms with E-state index in [2.05, 4.69) is 46.8 Å². The van der Waals surface area contributed by atoms with E-state index >= 15 is 0 Å². The second kappa shape index (κ2) is 5.30. The molecule has 0 aromatic heterocycles. The SMILES string of the molecule is COc1cc(C)c(C(C)(C)CC(C)Cl)cc1C. The van der Waals surface area contributed by atoms with Gasteiger partial charge < -0.3 is 4.74 Å². The molecule has 0 saturated heterocycles. The molecular formula is C15H23ClO. The van der Waals surface area contributed by atoms with Crippen LogP contribution < -0.4 is 4.74 Å². The van der Waals surface area contributed by atoms with Crippen molar-refractivity contribution in [3.63, 3.8) is 0 Å². The molecule has 0 spiro atoms. The lowest BCUT2D eigenvalue weighted by Gasteiger charge is -2.29. The Kier molecular flexibility index (Phi) is 4.48. The van der Waals surface area contributed by atoms with Crippen LogP contribution in [0.4, 0.5) is 0 Å². The van der Waals surface area contributed by atoms with E-state index in [4.69, 9.17) is 16.3 Å². The minimum Gasteiger partial charge on any atom is -0.496 e. The third-order valence-corrected chi connectivity index (χ3v) is 3.42. The average Bonchev–Trinajstić information content (AvgIpc) is 2.18. The van der Waals surface area contributed by atoms with Crippen molar-refractivity contribution in [2.45, 2.75) is 51.8 Å². The Bertz CT molecular complexity index is 394. The summed E-state index contributed by atoms with van der Waals surface area (Å²) in [6.07, 6.45) is 0.973. The van der Waals surface area contributed by atoms with Gasteiger partial charge in [0.1, 0.15) is 5.75 Å². The fourth-order valence-corrected chi connectivity index (χ4v) is 2.94. The van der Waals surface area contributed by atoms with Crippen LogP contribution >= 0.6 is 11.6 Å². The van der Waals surface area contributed by atoms with Crippen molar-refractivity contribution >= 4 is 11.6 Å². The van der Waals surface area contributed by atoms with Gasteiger partial charge in [0.15, 0.2) is 0 Å². The van der Waals surface area contributed by atoms with Gasteiger partial charge in [0.25, 0.3) is 0 Å². The van der Waals surface area contributed by atoms with Crippen molar-refractivity contribution in [1.29, 1.82) is 0 Å². The Morgan fingerprint density at radius 3 is 2.29 bits per heavy atom. The largest absolute Gasteiger partial charge is 0.496 e. The van der Waals surface area contributed by atoms with Gasteiger partial charge in [-0.05, 0) is 55.4 Å². The molecule has 1 nitrogen and oxygen atoms in total. The summed E-state index contributed by atoms with van der Waals surface area (Å²) in [6.45, 7) is 10.8. The topological polar surface area (TPSA) is 9.23 Å². The Hall–Kier alpha value is -0.690. The third-order valence-electron chi connectivity index (χ3n) is 3.26. The molecule has 0 radical (unpaired) electrons. The van der Waals surface area contributed by atoms with E-state index in [0.29, 0.717) is 0 Å². The van der Waals surface area contributed by atoms with Crippen molar-refractivity contribution in [2.24, 2.45) is 0 Å². The highest BCUT2D eigenvalue weighted by Crippen LogP contribution is 2.35. The van der Waals surface area contributed by atoms with E-state index in [1.807, 2.05) is 0 Å². The van der Waals surface area contributed by atoms with Crippen LogP contribution in [0.1, 0.15) is 43.9 Å². The Labute approximate surface area is 110 Å². The zero-order chi connectivity index (χ0) is 13.2. The Balaban J connectivity index is 3.18. The molecule has 0 heterocycles. The molecule has 1 atom stereocenters. The van der Waals surface area contributed by atoms with Crippen molar-refractivity contribution in [3.8, 4) is 5.75 Å². The summed E-state index contributed by atoms with van der Waals surface area (Å²) >= 11 is 6.14. The predicted octanol–water partition coefficient (Wildman–Crippen LogP) is 4.61. The lowest BCUT2D eigenvalue weighted by atomic mass is 9.78. The Morgan fingerprint density at radius 2 is 1.82 bits per heavy atom. The summed E-state index contributed by atoms with van der Waals surface area (Å²) in [4.78, 5) is 0. The summed E-state index contributed by atoms with van der Waals surface area (Å²) in [7, 11) is 1.72.